The molecule has 0 spiro atoms. The summed E-state index contributed by atoms with van der Waals surface area (Å²) in [5, 5.41) is 6.22. The van der Waals surface area contributed by atoms with Crippen molar-refractivity contribution in [3.63, 3.8) is 0 Å². The van der Waals surface area contributed by atoms with Crippen molar-refractivity contribution in [3.05, 3.63) is 54.9 Å². The van der Waals surface area contributed by atoms with Gasteiger partial charge in [0, 0.05) is 15.8 Å². The van der Waals surface area contributed by atoms with Gasteiger partial charge in [0.25, 0.3) is 21.8 Å². The van der Waals surface area contributed by atoms with Crippen LogP contribution < -0.4 is 10.0 Å². The third-order valence-corrected chi connectivity index (χ3v) is 9.42. The van der Waals surface area contributed by atoms with E-state index in [1.165, 1.54) is 6.92 Å². The van der Waals surface area contributed by atoms with Crippen LogP contribution in [-0.2, 0) is 22.9 Å². The summed E-state index contributed by atoms with van der Waals surface area (Å²) in [4.78, 5) is 26.4. The number of halogens is 2. The van der Waals surface area contributed by atoms with Gasteiger partial charge in [-0.2, -0.15) is 0 Å². The Kier molecular flexibility index (Phi) is 7.02. The van der Waals surface area contributed by atoms with Crippen molar-refractivity contribution < 1.29 is 22.5 Å². The SMILES string of the molecule is CC(=O)c1cc(C)cc(C)c1NC(=O)c1sc2c(c1S(=O)(=O)Nc1onc(C)c1Cl)CC(Cl)CC2. The van der Waals surface area contributed by atoms with E-state index in [0.29, 0.717) is 47.3 Å². The molecule has 1 aliphatic rings. The second-order valence-corrected chi connectivity index (χ2v) is 12.3. The van der Waals surface area contributed by atoms with Gasteiger partial charge < -0.3 is 9.84 Å². The van der Waals surface area contributed by atoms with E-state index in [-0.39, 0.29) is 31.8 Å². The van der Waals surface area contributed by atoms with Crippen LogP contribution in [0, 0.1) is 20.8 Å². The zero-order valence-corrected chi connectivity index (χ0v) is 22.6. The lowest BCUT2D eigenvalue weighted by Gasteiger charge is -2.18. The van der Waals surface area contributed by atoms with E-state index in [2.05, 4.69) is 15.2 Å². The Labute approximate surface area is 217 Å². The highest BCUT2D eigenvalue weighted by Gasteiger charge is 2.36. The fraction of sp³-hybridized carbons (Fsp3) is 0.348. The van der Waals surface area contributed by atoms with Crippen LogP contribution in [0.15, 0.2) is 21.6 Å². The van der Waals surface area contributed by atoms with E-state index >= 15 is 0 Å². The fourth-order valence-electron chi connectivity index (χ4n) is 4.12. The molecule has 4 rings (SSSR count). The number of anilines is 2. The number of aryl methyl sites for hydroxylation is 4. The third kappa shape index (κ3) is 4.97. The van der Waals surface area contributed by atoms with Gasteiger partial charge in [0.1, 0.15) is 20.5 Å². The number of hydrogen-bond donors (Lipinski definition) is 2. The summed E-state index contributed by atoms with van der Waals surface area (Å²) in [6.07, 6.45) is 1.51. The van der Waals surface area contributed by atoms with Crippen LogP contribution in [0.4, 0.5) is 11.6 Å². The molecule has 2 aromatic heterocycles. The molecule has 0 bridgehead atoms. The second-order valence-electron chi connectivity index (χ2n) is 8.53. The van der Waals surface area contributed by atoms with Gasteiger partial charge in [-0.15, -0.1) is 22.9 Å². The van der Waals surface area contributed by atoms with Gasteiger partial charge in [-0.25, -0.2) is 13.1 Å². The van der Waals surface area contributed by atoms with Crippen molar-refractivity contribution in [3.8, 4) is 0 Å². The minimum atomic E-state index is -4.30. The van der Waals surface area contributed by atoms with Crippen molar-refractivity contribution in [1.82, 2.24) is 5.16 Å². The Morgan fingerprint density at radius 2 is 1.94 bits per heavy atom. The molecule has 0 aliphatic heterocycles. The summed E-state index contributed by atoms with van der Waals surface area (Å²) in [6.45, 7) is 6.62. The molecule has 0 saturated heterocycles. The molecule has 3 aromatic rings. The number of thiophene rings is 1. The highest BCUT2D eigenvalue weighted by molar-refractivity contribution is 7.93. The first kappa shape index (κ1) is 25.7. The number of fused-ring (bicyclic) bond motifs is 1. The van der Waals surface area contributed by atoms with E-state index in [4.69, 9.17) is 27.7 Å². The number of rotatable bonds is 6. The summed E-state index contributed by atoms with van der Waals surface area (Å²) in [7, 11) is -4.30. The first-order valence-corrected chi connectivity index (χ1v) is 13.9. The lowest BCUT2D eigenvalue weighted by Crippen LogP contribution is -2.22. The number of carbonyl (C=O) groups excluding carboxylic acids is 2. The Morgan fingerprint density at radius 3 is 2.57 bits per heavy atom. The maximum atomic E-state index is 13.5. The highest BCUT2D eigenvalue weighted by atomic mass is 35.5. The van der Waals surface area contributed by atoms with E-state index in [9.17, 15) is 18.0 Å². The molecule has 2 N–H and O–H groups in total. The maximum Gasteiger partial charge on any atom is 0.267 e. The molecule has 35 heavy (non-hydrogen) atoms. The number of Topliss-reactive ketones (excluding diaryl/α,β-unsaturated/α-hetero) is 1. The fourth-order valence-corrected chi connectivity index (χ4v) is 7.57. The van der Waals surface area contributed by atoms with Crippen LogP contribution in [0.5, 0.6) is 0 Å². The van der Waals surface area contributed by atoms with Crippen molar-refractivity contribution in [2.45, 2.75) is 57.2 Å². The summed E-state index contributed by atoms with van der Waals surface area (Å²) in [5.74, 6) is -1.08. The van der Waals surface area contributed by atoms with Crippen LogP contribution >= 0.6 is 34.5 Å². The van der Waals surface area contributed by atoms with Crippen molar-refractivity contribution >= 4 is 67.8 Å². The van der Waals surface area contributed by atoms with Crippen LogP contribution in [0.3, 0.4) is 0 Å². The number of hydrogen-bond acceptors (Lipinski definition) is 7. The molecule has 0 fully saturated rings. The number of carbonyl (C=O) groups is 2. The van der Waals surface area contributed by atoms with Gasteiger partial charge >= 0.3 is 0 Å². The summed E-state index contributed by atoms with van der Waals surface area (Å²) >= 11 is 13.6. The molecule has 12 heteroatoms. The predicted molar refractivity (Wildman–Crippen MR) is 137 cm³/mol. The van der Waals surface area contributed by atoms with E-state index in [1.807, 2.05) is 13.0 Å². The molecule has 0 radical (unpaired) electrons. The highest BCUT2D eigenvalue weighted by Crippen LogP contribution is 2.40. The number of nitrogens with zero attached hydrogens (tertiary/aromatic N) is 1. The van der Waals surface area contributed by atoms with Gasteiger partial charge in [0.05, 0.1) is 5.69 Å². The van der Waals surface area contributed by atoms with E-state index in [0.717, 1.165) is 21.8 Å². The number of alkyl halides is 1. The quantitative estimate of drug-likeness (QED) is 0.299. The van der Waals surface area contributed by atoms with Crippen LogP contribution in [0.25, 0.3) is 0 Å². The molecule has 1 atom stereocenters. The smallest absolute Gasteiger partial charge is 0.267 e. The summed E-state index contributed by atoms with van der Waals surface area (Å²) in [6, 6.07) is 3.53. The lowest BCUT2D eigenvalue weighted by atomic mass is 9.98. The zero-order chi connectivity index (χ0) is 25.7. The zero-order valence-electron chi connectivity index (χ0n) is 19.4. The Hall–Kier alpha value is -2.40. The molecule has 0 saturated carbocycles. The minimum Gasteiger partial charge on any atom is -0.336 e. The van der Waals surface area contributed by atoms with Crippen LogP contribution in [-0.4, -0.2) is 30.6 Å². The average molecular weight is 556 g/mol. The maximum absolute atomic E-state index is 13.5. The predicted octanol–water partition coefficient (Wildman–Crippen LogP) is 5.67. The standard InChI is InChI=1S/C23H23Cl2N3O5S2/c1-10-7-11(2)19(15(8-10)13(4)29)26-22(30)20-21(16-9-14(24)5-6-17(16)34-20)35(31,32)28-23-18(25)12(3)27-33-23/h7-8,14,28H,5-6,9H2,1-4H3,(H,26,30). The largest absolute Gasteiger partial charge is 0.336 e. The van der Waals surface area contributed by atoms with Crippen molar-refractivity contribution in [2.75, 3.05) is 10.0 Å². The molecule has 1 aliphatic carbocycles. The topological polar surface area (TPSA) is 118 Å². The first-order valence-electron chi connectivity index (χ1n) is 10.8. The number of aromatic nitrogens is 1. The molecule has 186 valence electrons. The van der Waals surface area contributed by atoms with Gasteiger partial charge in [0.2, 0.25) is 0 Å². The normalized spacial score (nSPS) is 15.5. The minimum absolute atomic E-state index is 0.00453. The number of nitrogens with one attached hydrogen (secondary N) is 2. The molecule has 1 unspecified atom stereocenters. The third-order valence-electron chi connectivity index (χ3n) is 5.74. The Morgan fingerprint density at radius 1 is 1.23 bits per heavy atom. The molecule has 1 amide bonds. The van der Waals surface area contributed by atoms with Gasteiger partial charge in [-0.3, -0.25) is 9.59 Å². The van der Waals surface area contributed by atoms with Gasteiger partial charge in [0.15, 0.2) is 5.78 Å². The van der Waals surface area contributed by atoms with Crippen molar-refractivity contribution in [2.24, 2.45) is 0 Å². The lowest BCUT2D eigenvalue weighted by molar-refractivity contribution is 0.101. The Bertz CT molecular complexity index is 1460. The summed E-state index contributed by atoms with van der Waals surface area (Å²) < 4.78 is 34.4. The van der Waals surface area contributed by atoms with Crippen LogP contribution in [0.2, 0.25) is 5.02 Å². The monoisotopic (exact) mass is 555 g/mol. The number of amides is 1. The average Bonchev–Trinajstić information content (AvgIpc) is 3.30. The van der Waals surface area contributed by atoms with Gasteiger partial charge in [-0.1, -0.05) is 22.8 Å². The summed E-state index contributed by atoms with van der Waals surface area (Å²) in [5.41, 5.74) is 3.08. The molecule has 2 heterocycles. The van der Waals surface area contributed by atoms with E-state index in [1.54, 1.807) is 19.9 Å². The number of ketones is 1. The number of sulfonamides is 1. The number of benzene rings is 1. The first-order chi connectivity index (χ1) is 16.4. The molecule has 8 nitrogen and oxygen atoms in total. The van der Waals surface area contributed by atoms with E-state index < -0.39 is 15.9 Å². The molecular formula is C23H23Cl2N3O5S2. The molecular weight excluding hydrogens is 533 g/mol. The Balaban J connectivity index is 1.81. The second kappa shape index (κ2) is 9.57. The van der Waals surface area contributed by atoms with Crippen molar-refractivity contribution in [1.29, 1.82) is 0 Å². The van der Waals surface area contributed by atoms with Crippen LogP contribution in [0.1, 0.15) is 60.6 Å². The molecule has 1 aromatic carbocycles. The van der Waals surface area contributed by atoms with Gasteiger partial charge in [-0.05, 0) is 69.7 Å².